The van der Waals surface area contributed by atoms with Crippen LogP contribution in [0.3, 0.4) is 0 Å². The number of hydrogen-bond acceptors (Lipinski definition) is 3. The SMILES string of the molecule is CCC(Sc1cc(Cl)c(Cl)cc1Cl)n1cncn1. The van der Waals surface area contributed by atoms with Crippen LogP contribution in [0, 0.1) is 0 Å². The van der Waals surface area contributed by atoms with E-state index in [0.717, 1.165) is 11.3 Å². The minimum atomic E-state index is 0.127. The van der Waals surface area contributed by atoms with Crippen molar-refractivity contribution in [3.8, 4) is 0 Å². The van der Waals surface area contributed by atoms with E-state index in [9.17, 15) is 0 Å². The van der Waals surface area contributed by atoms with Crippen molar-refractivity contribution in [1.82, 2.24) is 14.8 Å². The highest BCUT2D eigenvalue weighted by atomic mass is 35.5. The molecular formula is C11H10Cl3N3S. The lowest BCUT2D eigenvalue weighted by atomic mass is 10.4. The van der Waals surface area contributed by atoms with E-state index in [1.54, 1.807) is 34.9 Å². The molecule has 3 nitrogen and oxygen atoms in total. The molecule has 0 aliphatic carbocycles. The molecule has 0 fully saturated rings. The molecule has 18 heavy (non-hydrogen) atoms. The quantitative estimate of drug-likeness (QED) is 0.590. The van der Waals surface area contributed by atoms with E-state index in [4.69, 9.17) is 34.8 Å². The second-order valence-corrected chi connectivity index (χ2v) is 5.99. The first-order valence-electron chi connectivity index (χ1n) is 5.27. The van der Waals surface area contributed by atoms with E-state index >= 15 is 0 Å². The number of nitrogens with zero attached hydrogens (tertiary/aromatic N) is 3. The van der Waals surface area contributed by atoms with Gasteiger partial charge in [-0.05, 0) is 18.6 Å². The molecule has 0 amide bonds. The summed E-state index contributed by atoms with van der Waals surface area (Å²) in [5.41, 5.74) is 0. The molecule has 0 radical (unpaired) electrons. The number of rotatable bonds is 4. The van der Waals surface area contributed by atoms with Crippen molar-refractivity contribution < 1.29 is 0 Å². The molecule has 0 spiro atoms. The molecule has 96 valence electrons. The van der Waals surface area contributed by atoms with Crippen molar-refractivity contribution in [3.05, 3.63) is 39.9 Å². The van der Waals surface area contributed by atoms with Crippen LogP contribution in [0.4, 0.5) is 0 Å². The normalized spacial score (nSPS) is 12.7. The zero-order valence-corrected chi connectivity index (χ0v) is 12.6. The van der Waals surface area contributed by atoms with Crippen LogP contribution in [0.15, 0.2) is 29.7 Å². The first-order chi connectivity index (χ1) is 8.61. The Morgan fingerprint density at radius 1 is 1.22 bits per heavy atom. The van der Waals surface area contributed by atoms with Gasteiger partial charge in [-0.3, -0.25) is 0 Å². The summed E-state index contributed by atoms with van der Waals surface area (Å²) in [6.45, 7) is 2.07. The van der Waals surface area contributed by atoms with Gasteiger partial charge in [0.2, 0.25) is 0 Å². The molecule has 1 aromatic carbocycles. The Bertz CT molecular complexity index is 531. The lowest BCUT2D eigenvalue weighted by Gasteiger charge is -2.15. The average Bonchev–Trinajstić information content (AvgIpc) is 2.85. The Morgan fingerprint density at radius 2 is 1.94 bits per heavy atom. The Kier molecular flexibility index (Phi) is 4.78. The van der Waals surface area contributed by atoms with Gasteiger partial charge in [-0.2, -0.15) is 5.10 Å². The summed E-state index contributed by atoms with van der Waals surface area (Å²) in [6.07, 6.45) is 4.09. The van der Waals surface area contributed by atoms with Gasteiger partial charge < -0.3 is 0 Å². The minimum Gasteiger partial charge on any atom is -0.240 e. The summed E-state index contributed by atoms with van der Waals surface area (Å²) in [7, 11) is 0. The van der Waals surface area contributed by atoms with Crippen LogP contribution in [0.5, 0.6) is 0 Å². The van der Waals surface area contributed by atoms with Gasteiger partial charge in [0, 0.05) is 4.90 Å². The molecule has 0 N–H and O–H groups in total. The molecule has 0 bridgehead atoms. The summed E-state index contributed by atoms with van der Waals surface area (Å²) in [5.74, 6) is 0. The van der Waals surface area contributed by atoms with E-state index in [-0.39, 0.29) is 5.37 Å². The highest BCUT2D eigenvalue weighted by molar-refractivity contribution is 7.99. The maximum atomic E-state index is 6.15. The Morgan fingerprint density at radius 3 is 2.56 bits per heavy atom. The van der Waals surface area contributed by atoms with Crippen LogP contribution >= 0.6 is 46.6 Å². The van der Waals surface area contributed by atoms with E-state index in [1.807, 2.05) is 0 Å². The van der Waals surface area contributed by atoms with Crippen molar-refractivity contribution in [2.24, 2.45) is 0 Å². The molecule has 1 atom stereocenters. The molecule has 7 heteroatoms. The smallest absolute Gasteiger partial charge is 0.137 e. The van der Waals surface area contributed by atoms with Crippen LogP contribution in [-0.2, 0) is 0 Å². The maximum Gasteiger partial charge on any atom is 0.137 e. The molecular weight excluding hydrogens is 313 g/mol. The number of benzene rings is 1. The Balaban J connectivity index is 2.25. The fourth-order valence-corrected chi connectivity index (χ4v) is 3.21. The molecule has 2 aromatic rings. The van der Waals surface area contributed by atoms with Crippen LogP contribution < -0.4 is 0 Å². The van der Waals surface area contributed by atoms with Gasteiger partial charge in [0.15, 0.2) is 0 Å². The third-order valence-electron chi connectivity index (χ3n) is 2.32. The fraction of sp³-hybridized carbons (Fsp3) is 0.273. The number of thioether (sulfide) groups is 1. The predicted molar refractivity (Wildman–Crippen MR) is 76.7 cm³/mol. The lowest BCUT2D eigenvalue weighted by Crippen LogP contribution is -2.04. The van der Waals surface area contributed by atoms with E-state index in [1.165, 1.54) is 6.33 Å². The van der Waals surface area contributed by atoms with Crippen molar-refractivity contribution in [1.29, 1.82) is 0 Å². The molecule has 1 aromatic heterocycles. The molecule has 0 aliphatic rings. The topological polar surface area (TPSA) is 30.7 Å². The van der Waals surface area contributed by atoms with Gasteiger partial charge in [0.1, 0.15) is 18.0 Å². The third-order valence-corrected chi connectivity index (χ3v) is 4.88. The standard InChI is InChI=1S/C11H10Cl3N3S/c1-2-11(17-6-15-5-16-17)18-10-4-8(13)7(12)3-9(10)14/h3-6,11H,2H2,1H3. The average molecular weight is 323 g/mol. The number of hydrogen-bond donors (Lipinski definition) is 0. The molecule has 1 unspecified atom stereocenters. The predicted octanol–water partition coefficient (Wildman–Crippen LogP) is 4.94. The fourth-order valence-electron chi connectivity index (χ4n) is 1.43. The number of aromatic nitrogens is 3. The van der Waals surface area contributed by atoms with Gasteiger partial charge >= 0.3 is 0 Å². The largest absolute Gasteiger partial charge is 0.240 e. The summed E-state index contributed by atoms with van der Waals surface area (Å²) in [5, 5.41) is 5.81. The first kappa shape index (κ1) is 14.0. The summed E-state index contributed by atoms with van der Waals surface area (Å²) in [6, 6.07) is 3.43. The Hall–Kier alpha value is -0.420. The van der Waals surface area contributed by atoms with Crippen molar-refractivity contribution in [2.75, 3.05) is 0 Å². The first-order valence-corrected chi connectivity index (χ1v) is 7.28. The van der Waals surface area contributed by atoms with Crippen molar-refractivity contribution >= 4 is 46.6 Å². The monoisotopic (exact) mass is 321 g/mol. The van der Waals surface area contributed by atoms with E-state index < -0.39 is 0 Å². The van der Waals surface area contributed by atoms with Gasteiger partial charge in [-0.15, -0.1) is 0 Å². The Labute approximate surface area is 124 Å². The minimum absolute atomic E-state index is 0.127. The van der Waals surface area contributed by atoms with Crippen LogP contribution in [0.1, 0.15) is 18.7 Å². The lowest BCUT2D eigenvalue weighted by molar-refractivity contribution is 0.583. The number of halogens is 3. The van der Waals surface area contributed by atoms with Crippen LogP contribution in [0.2, 0.25) is 15.1 Å². The highest BCUT2D eigenvalue weighted by Gasteiger charge is 2.14. The maximum absolute atomic E-state index is 6.15. The van der Waals surface area contributed by atoms with Crippen molar-refractivity contribution in [2.45, 2.75) is 23.6 Å². The zero-order chi connectivity index (χ0) is 13.1. The summed E-state index contributed by atoms with van der Waals surface area (Å²) < 4.78 is 1.80. The highest BCUT2D eigenvalue weighted by Crippen LogP contribution is 2.40. The van der Waals surface area contributed by atoms with Gasteiger partial charge in [0.05, 0.1) is 15.1 Å². The van der Waals surface area contributed by atoms with Gasteiger partial charge in [-0.25, -0.2) is 9.67 Å². The van der Waals surface area contributed by atoms with Crippen LogP contribution in [0.25, 0.3) is 0 Å². The van der Waals surface area contributed by atoms with Crippen LogP contribution in [-0.4, -0.2) is 14.8 Å². The molecule has 1 heterocycles. The molecule has 0 aliphatic heterocycles. The van der Waals surface area contributed by atoms with Gasteiger partial charge in [-0.1, -0.05) is 53.5 Å². The third kappa shape index (κ3) is 3.12. The van der Waals surface area contributed by atoms with Gasteiger partial charge in [0.25, 0.3) is 0 Å². The second-order valence-electron chi connectivity index (χ2n) is 3.55. The van der Waals surface area contributed by atoms with E-state index in [0.29, 0.717) is 15.1 Å². The molecule has 0 saturated heterocycles. The second kappa shape index (κ2) is 6.15. The zero-order valence-electron chi connectivity index (χ0n) is 9.48. The molecule has 0 saturated carbocycles. The molecule has 2 rings (SSSR count). The summed E-state index contributed by atoms with van der Waals surface area (Å²) in [4.78, 5) is 4.83. The van der Waals surface area contributed by atoms with E-state index in [2.05, 4.69) is 17.0 Å². The summed E-state index contributed by atoms with van der Waals surface area (Å²) >= 11 is 19.6. The van der Waals surface area contributed by atoms with Crippen molar-refractivity contribution in [3.63, 3.8) is 0 Å².